The lowest BCUT2D eigenvalue weighted by Gasteiger charge is -2.31. The minimum absolute atomic E-state index is 0.0435. The molecule has 5 nitrogen and oxygen atoms in total. The maximum atomic E-state index is 12.6. The number of benzene rings is 1. The monoisotopic (exact) mass is 294 g/mol. The van der Waals surface area contributed by atoms with Crippen LogP contribution in [-0.2, 0) is 14.8 Å². The van der Waals surface area contributed by atoms with Crippen molar-refractivity contribution in [2.24, 2.45) is 0 Å². The van der Waals surface area contributed by atoms with Gasteiger partial charge in [-0.25, -0.2) is 8.42 Å². The molecule has 1 aliphatic heterocycles. The van der Waals surface area contributed by atoms with Gasteiger partial charge in [-0.05, 0) is 43.5 Å². The van der Waals surface area contributed by atoms with Gasteiger partial charge in [0.25, 0.3) is 0 Å². The number of aryl methyl sites for hydroxylation is 1. The van der Waals surface area contributed by atoms with E-state index in [0.717, 1.165) is 12.8 Å². The Morgan fingerprint density at radius 2 is 2.20 bits per heavy atom. The number of sulfonamides is 1. The lowest BCUT2D eigenvalue weighted by atomic mass is 10.1. The van der Waals surface area contributed by atoms with E-state index in [-0.39, 0.29) is 11.0 Å². The van der Waals surface area contributed by atoms with Crippen molar-refractivity contribution < 1.29 is 13.2 Å². The molecule has 1 aromatic carbocycles. The Bertz CT molecular complexity index is 634. The molecular weight excluding hydrogens is 276 g/mol. The van der Waals surface area contributed by atoms with Crippen LogP contribution in [0.1, 0.15) is 24.0 Å². The molecule has 0 spiro atoms. The summed E-state index contributed by atoms with van der Waals surface area (Å²) >= 11 is 0. The lowest BCUT2D eigenvalue weighted by Crippen LogP contribution is -2.42. The second-order valence-electron chi connectivity index (χ2n) is 4.95. The molecule has 6 heteroatoms. The first-order chi connectivity index (χ1) is 9.48. The minimum atomic E-state index is -3.51. The van der Waals surface area contributed by atoms with E-state index in [2.05, 4.69) is 0 Å². The van der Waals surface area contributed by atoms with Crippen LogP contribution in [-0.4, -0.2) is 39.0 Å². The van der Waals surface area contributed by atoms with E-state index in [1.165, 1.54) is 10.4 Å². The highest BCUT2D eigenvalue weighted by Gasteiger charge is 2.30. The van der Waals surface area contributed by atoms with Crippen LogP contribution in [0.15, 0.2) is 23.1 Å². The SMILES string of the molecule is COC1CCCN(S(=O)(=O)c2ccc(C#N)c(C)c2)C1. The number of rotatable bonds is 3. The first-order valence-corrected chi connectivity index (χ1v) is 7.96. The third-order valence-corrected chi connectivity index (χ3v) is 5.49. The van der Waals surface area contributed by atoms with Crippen molar-refractivity contribution >= 4 is 10.0 Å². The van der Waals surface area contributed by atoms with E-state index >= 15 is 0 Å². The molecule has 0 aromatic heterocycles. The summed E-state index contributed by atoms with van der Waals surface area (Å²) in [7, 11) is -1.90. The highest BCUT2D eigenvalue weighted by molar-refractivity contribution is 7.89. The molecule has 1 saturated heterocycles. The molecule has 1 heterocycles. The Morgan fingerprint density at radius 1 is 1.45 bits per heavy atom. The molecule has 0 radical (unpaired) electrons. The predicted molar refractivity (Wildman–Crippen MR) is 74.7 cm³/mol. The summed E-state index contributed by atoms with van der Waals surface area (Å²) in [6, 6.07) is 6.65. The van der Waals surface area contributed by atoms with E-state index in [4.69, 9.17) is 10.00 Å². The fourth-order valence-corrected chi connectivity index (χ4v) is 3.98. The fourth-order valence-electron chi connectivity index (χ4n) is 2.39. The largest absolute Gasteiger partial charge is 0.380 e. The molecule has 1 fully saturated rings. The Labute approximate surface area is 119 Å². The van der Waals surface area contributed by atoms with Gasteiger partial charge < -0.3 is 4.74 Å². The molecule has 20 heavy (non-hydrogen) atoms. The number of nitrogens with zero attached hydrogens (tertiary/aromatic N) is 2. The predicted octanol–water partition coefficient (Wildman–Crippen LogP) is 1.67. The molecule has 0 amide bonds. The standard InChI is InChI=1S/C14H18N2O3S/c1-11-8-14(6-5-12(11)9-15)20(17,18)16-7-3-4-13(10-16)19-2/h5-6,8,13H,3-4,7,10H2,1-2H3. The van der Waals surface area contributed by atoms with Gasteiger partial charge in [-0.15, -0.1) is 0 Å². The van der Waals surface area contributed by atoms with Crippen LogP contribution < -0.4 is 0 Å². The Balaban J connectivity index is 2.31. The van der Waals surface area contributed by atoms with Crippen molar-refractivity contribution in [3.05, 3.63) is 29.3 Å². The third kappa shape index (κ3) is 2.85. The number of piperidine rings is 1. The molecule has 0 aliphatic carbocycles. The van der Waals surface area contributed by atoms with Gasteiger partial charge in [-0.1, -0.05) is 0 Å². The maximum absolute atomic E-state index is 12.6. The summed E-state index contributed by atoms with van der Waals surface area (Å²) in [6.45, 7) is 2.64. The Kier molecular flexibility index (Phi) is 4.43. The summed E-state index contributed by atoms with van der Waals surface area (Å²) in [4.78, 5) is 0.241. The van der Waals surface area contributed by atoms with Crippen molar-refractivity contribution in [3.63, 3.8) is 0 Å². The zero-order valence-electron chi connectivity index (χ0n) is 11.7. The molecule has 0 bridgehead atoms. The van der Waals surface area contributed by atoms with Gasteiger partial charge >= 0.3 is 0 Å². The van der Waals surface area contributed by atoms with E-state index in [1.54, 1.807) is 26.2 Å². The van der Waals surface area contributed by atoms with Crippen molar-refractivity contribution in [2.75, 3.05) is 20.2 Å². The lowest BCUT2D eigenvalue weighted by molar-refractivity contribution is 0.0572. The molecule has 1 aromatic rings. The van der Waals surface area contributed by atoms with Crippen molar-refractivity contribution in [2.45, 2.75) is 30.8 Å². The highest BCUT2D eigenvalue weighted by atomic mass is 32.2. The van der Waals surface area contributed by atoms with E-state index < -0.39 is 10.0 Å². The van der Waals surface area contributed by atoms with E-state index in [9.17, 15) is 8.42 Å². The molecular formula is C14H18N2O3S. The first-order valence-electron chi connectivity index (χ1n) is 6.52. The van der Waals surface area contributed by atoms with Gasteiger partial charge in [0, 0.05) is 20.2 Å². The van der Waals surface area contributed by atoms with Crippen molar-refractivity contribution in [1.29, 1.82) is 5.26 Å². The van der Waals surface area contributed by atoms with Crippen molar-refractivity contribution in [1.82, 2.24) is 4.31 Å². The highest BCUT2D eigenvalue weighted by Crippen LogP contribution is 2.23. The quantitative estimate of drug-likeness (QED) is 0.850. The van der Waals surface area contributed by atoms with Crippen LogP contribution in [0.5, 0.6) is 0 Å². The molecule has 0 N–H and O–H groups in total. The zero-order valence-corrected chi connectivity index (χ0v) is 12.5. The number of ether oxygens (including phenoxy) is 1. The molecule has 2 rings (SSSR count). The van der Waals surface area contributed by atoms with Crippen LogP contribution >= 0.6 is 0 Å². The molecule has 1 atom stereocenters. The molecule has 1 aliphatic rings. The van der Waals surface area contributed by atoms with Crippen molar-refractivity contribution in [3.8, 4) is 6.07 Å². The van der Waals surface area contributed by atoms with E-state index in [0.29, 0.717) is 24.2 Å². The summed E-state index contributed by atoms with van der Waals surface area (Å²) in [5.74, 6) is 0. The van der Waals surface area contributed by atoms with Gasteiger partial charge in [0.1, 0.15) is 0 Å². The van der Waals surface area contributed by atoms with Crippen LogP contribution in [0.2, 0.25) is 0 Å². The average molecular weight is 294 g/mol. The molecule has 1 unspecified atom stereocenters. The number of hydrogen-bond acceptors (Lipinski definition) is 4. The van der Waals surface area contributed by atoms with Crippen LogP contribution in [0, 0.1) is 18.3 Å². The second-order valence-corrected chi connectivity index (χ2v) is 6.89. The van der Waals surface area contributed by atoms with Gasteiger partial charge in [0.05, 0.1) is 22.6 Å². The Morgan fingerprint density at radius 3 is 2.80 bits per heavy atom. The minimum Gasteiger partial charge on any atom is -0.380 e. The summed E-state index contributed by atoms with van der Waals surface area (Å²) in [5, 5.41) is 8.90. The number of methoxy groups -OCH3 is 1. The maximum Gasteiger partial charge on any atom is 0.243 e. The van der Waals surface area contributed by atoms with Crippen LogP contribution in [0.25, 0.3) is 0 Å². The van der Waals surface area contributed by atoms with E-state index in [1.807, 2.05) is 6.07 Å². The van der Waals surface area contributed by atoms with Gasteiger partial charge in [0.15, 0.2) is 0 Å². The second kappa shape index (κ2) is 5.92. The third-order valence-electron chi connectivity index (χ3n) is 3.63. The Hall–Kier alpha value is -1.42. The van der Waals surface area contributed by atoms with Gasteiger partial charge in [-0.2, -0.15) is 9.57 Å². The van der Waals surface area contributed by atoms with Crippen LogP contribution in [0.4, 0.5) is 0 Å². The fraction of sp³-hybridized carbons (Fsp3) is 0.500. The molecule has 0 saturated carbocycles. The van der Waals surface area contributed by atoms with Gasteiger partial charge in [-0.3, -0.25) is 0 Å². The first kappa shape index (κ1) is 15.0. The summed E-state index contributed by atoms with van der Waals surface area (Å²) in [6.07, 6.45) is 1.64. The smallest absolute Gasteiger partial charge is 0.243 e. The number of nitriles is 1. The summed E-state index contributed by atoms with van der Waals surface area (Å²) in [5.41, 5.74) is 1.17. The topological polar surface area (TPSA) is 70.4 Å². The molecule has 108 valence electrons. The van der Waals surface area contributed by atoms with Gasteiger partial charge in [0.2, 0.25) is 10.0 Å². The zero-order chi connectivity index (χ0) is 14.8. The summed E-state index contributed by atoms with van der Waals surface area (Å²) < 4.78 is 31.9. The average Bonchev–Trinajstić information content (AvgIpc) is 2.47. The number of hydrogen-bond donors (Lipinski definition) is 0. The van der Waals surface area contributed by atoms with Crippen LogP contribution in [0.3, 0.4) is 0 Å². The normalized spacial score (nSPS) is 20.6.